The van der Waals surface area contributed by atoms with Crippen molar-refractivity contribution in [2.24, 2.45) is 11.8 Å². The molecule has 0 aromatic carbocycles. The van der Waals surface area contributed by atoms with E-state index in [-0.39, 0.29) is 18.6 Å². The molecule has 6 heteroatoms. The molecule has 2 amide bonds. The average Bonchev–Trinajstić information content (AvgIpc) is 2.37. The summed E-state index contributed by atoms with van der Waals surface area (Å²) in [4.78, 5) is 11.7. The number of urea groups is 1. The lowest BCUT2D eigenvalue weighted by Crippen LogP contribution is -2.34. The normalized spacial score (nSPS) is 12.2. The first kappa shape index (κ1) is 15.4. The SMILES string of the molecule is CC(C)CC(CCO)CNC(=O)Nc1cccnn1. The van der Waals surface area contributed by atoms with Crippen molar-refractivity contribution < 1.29 is 9.90 Å². The summed E-state index contributed by atoms with van der Waals surface area (Å²) in [6.07, 6.45) is 3.22. The summed E-state index contributed by atoms with van der Waals surface area (Å²) in [5, 5.41) is 21.8. The summed E-state index contributed by atoms with van der Waals surface area (Å²) in [5.74, 6) is 1.25. The topological polar surface area (TPSA) is 87.1 Å². The molecular weight excluding hydrogens is 244 g/mol. The van der Waals surface area contributed by atoms with Crippen LogP contribution in [0.2, 0.25) is 0 Å². The van der Waals surface area contributed by atoms with Crippen LogP contribution in [0.25, 0.3) is 0 Å². The van der Waals surface area contributed by atoms with E-state index in [1.807, 2.05) is 0 Å². The lowest BCUT2D eigenvalue weighted by molar-refractivity contribution is 0.231. The average molecular weight is 266 g/mol. The van der Waals surface area contributed by atoms with Gasteiger partial charge in [0.1, 0.15) is 0 Å². The van der Waals surface area contributed by atoms with E-state index in [9.17, 15) is 4.79 Å². The first-order chi connectivity index (χ1) is 9.11. The van der Waals surface area contributed by atoms with Crippen molar-refractivity contribution >= 4 is 11.8 Å². The van der Waals surface area contributed by atoms with Gasteiger partial charge in [0.25, 0.3) is 0 Å². The van der Waals surface area contributed by atoms with Crippen LogP contribution in [-0.2, 0) is 0 Å². The van der Waals surface area contributed by atoms with Gasteiger partial charge in [-0.1, -0.05) is 13.8 Å². The Kier molecular flexibility index (Phi) is 6.81. The minimum absolute atomic E-state index is 0.144. The zero-order valence-corrected chi connectivity index (χ0v) is 11.5. The molecule has 1 heterocycles. The molecule has 0 radical (unpaired) electrons. The van der Waals surface area contributed by atoms with Crippen molar-refractivity contribution in [3.63, 3.8) is 0 Å². The number of aliphatic hydroxyl groups excluding tert-OH is 1. The minimum atomic E-state index is -0.299. The van der Waals surface area contributed by atoms with E-state index in [0.717, 1.165) is 6.42 Å². The molecular formula is C13H22N4O2. The third-order valence-electron chi connectivity index (χ3n) is 2.71. The highest BCUT2D eigenvalue weighted by Crippen LogP contribution is 2.14. The number of aromatic nitrogens is 2. The molecule has 0 saturated carbocycles. The maximum Gasteiger partial charge on any atom is 0.320 e. The summed E-state index contributed by atoms with van der Waals surface area (Å²) in [5.41, 5.74) is 0. The van der Waals surface area contributed by atoms with Crippen molar-refractivity contribution in [1.29, 1.82) is 0 Å². The van der Waals surface area contributed by atoms with Gasteiger partial charge in [0.15, 0.2) is 5.82 Å². The van der Waals surface area contributed by atoms with Crippen molar-refractivity contribution in [1.82, 2.24) is 15.5 Å². The molecule has 6 nitrogen and oxygen atoms in total. The highest BCUT2D eigenvalue weighted by molar-refractivity contribution is 5.87. The first-order valence-corrected chi connectivity index (χ1v) is 6.55. The molecule has 0 aliphatic heterocycles. The van der Waals surface area contributed by atoms with Crippen LogP contribution in [0.3, 0.4) is 0 Å². The molecule has 0 saturated heterocycles. The second kappa shape index (κ2) is 8.42. The first-order valence-electron chi connectivity index (χ1n) is 6.55. The maximum absolute atomic E-state index is 11.7. The van der Waals surface area contributed by atoms with Gasteiger partial charge in [-0.3, -0.25) is 5.32 Å². The number of anilines is 1. The van der Waals surface area contributed by atoms with Crippen LogP contribution in [-0.4, -0.2) is 34.5 Å². The number of rotatable bonds is 7. The number of carbonyl (C=O) groups is 1. The molecule has 0 bridgehead atoms. The predicted octanol–water partition coefficient (Wildman–Crippen LogP) is 1.64. The van der Waals surface area contributed by atoms with Gasteiger partial charge >= 0.3 is 6.03 Å². The van der Waals surface area contributed by atoms with Gasteiger partial charge in [0.2, 0.25) is 0 Å². The van der Waals surface area contributed by atoms with Crippen LogP contribution in [0.5, 0.6) is 0 Å². The largest absolute Gasteiger partial charge is 0.396 e. The number of hydrogen-bond acceptors (Lipinski definition) is 4. The number of hydrogen-bond donors (Lipinski definition) is 3. The van der Waals surface area contributed by atoms with Gasteiger partial charge in [0.05, 0.1) is 0 Å². The third kappa shape index (κ3) is 6.71. The Morgan fingerprint density at radius 3 is 2.84 bits per heavy atom. The lowest BCUT2D eigenvalue weighted by Gasteiger charge is -2.18. The molecule has 0 aliphatic rings. The van der Waals surface area contributed by atoms with Crippen molar-refractivity contribution in [2.75, 3.05) is 18.5 Å². The lowest BCUT2D eigenvalue weighted by atomic mass is 9.94. The Hall–Kier alpha value is -1.69. The van der Waals surface area contributed by atoms with Crippen molar-refractivity contribution in [3.05, 3.63) is 18.3 Å². The van der Waals surface area contributed by atoms with Crippen LogP contribution in [0, 0.1) is 11.8 Å². The fourth-order valence-corrected chi connectivity index (χ4v) is 1.92. The van der Waals surface area contributed by atoms with Crippen molar-refractivity contribution in [2.45, 2.75) is 26.7 Å². The smallest absolute Gasteiger partial charge is 0.320 e. The highest BCUT2D eigenvalue weighted by Gasteiger charge is 2.12. The standard InChI is InChI=1S/C13H22N4O2/c1-10(2)8-11(5-7-18)9-14-13(19)16-12-4-3-6-15-17-12/h3-4,6,10-11,18H,5,7-9H2,1-2H3,(H2,14,16,17,19). The van der Waals surface area contributed by atoms with E-state index >= 15 is 0 Å². The molecule has 1 aromatic heterocycles. The van der Waals surface area contributed by atoms with Crippen LogP contribution >= 0.6 is 0 Å². The number of aliphatic hydroxyl groups is 1. The van der Waals surface area contributed by atoms with E-state index in [4.69, 9.17) is 5.11 Å². The summed E-state index contributed by atoms with van der Waals surface area (Å²) in [6, 6.07) is 3.08. The molecule has 0 fully saturated rings. The monoisotopic (exact) mass is 266 g/mol. The molecule has 0 spiro atoms. The zero-order valence-electron chi connectivity index (χ0n) is 11.5. The molecule has 19 heavy (non-hydrogen) atoms. The predicted molar refractivity (Wildman–Crippen MR) is 73.7 cm³/mol. The second-order valence-electron chi connectivity index (χ2n) is 4.95. The quantitative estimate of drug-likeness (QED) is 0.700. The van der Waals surface area contributed by atoms with Gasteiger partial charge in [-0.05, 0) is 36.8 Å². The Bertz CT molecular complexity index is 370. The number of nitrogens with one attached hydrogen (secondary N) is 2. The van der Waals surface area contributed by atoms with Gasteiger partial charge in [-0.2, -0.15) is 5.10 Å². The molecule has 1 aromatic rings. The van der Waals surface area contributed by atoms with Gasteiger partial charge in [0, 0.05) is 19.3 Å². The van der Waals surface area contributed by atoms with Gasteiger partial charge < -0.3 is 10.4 Å². The van der Waals surface area contributed by atoms with Crippen LogP contribution in [0.4, 0.5) is 10.6 Å². The highest BCUT2D eigenvalue weighted by atomic mass is 16.3. The summed E-state index contributed by atoms with van der Waals surface area (Å²) >= 11 is 0. The zero-order chi connectivity index (χ0) is 14.1. The summed E-state index contributed by atoms with van der Waals surface area (Å²) in [7, 11) is 0. The van der Waals surface area contributed by atoms with Gasteiger partial charge in [-0.25, -0.2) is 4.79 Å². The van der Waals surface area contributed by atoms with E-state index in [2.05, 4.69) is 34.7 Å². The molecule has 1 rings (SSSR count). The number of nitrogens with zero attached hydrogens (tertiary/aromatic N) is 2. The molecule has 0 aliphatic carbocycles. The Morgan fingerprint density at radius 2 is 2.26 bits per heavy atom. The number of carbonyl (C=O) groups excluding carboxylic acids is 1. The maximum atomic E-state index is 11.7. The summed E-state index contributed by atoms with van der Waals surface area (Å²) < 4.78 is 0. The molecule has 1 atom stereocenters. The van der Waals surface area contributed by atoms with E-state index in [1.54, 1.807) is 18.3 Å². The minimum Gasteiger partial charge on any atom is -0.396 e. The second-order valence-corrected chi connectivity index (χ2v) is 4.95. The van der Waals surface area contributed by atoms with E-state index in [1.165, 1.54) is 0 Å². The van der Waals surface area contributed by atoms with Crippen LogP contribution in [0.15, 0.2) is 18.3 Å². The van der Waals surface area contributed by atoms with Crippen LogP contribution in [0.1, 0.15) is 26.7 Å². The Labute approximate surface area is 113 Å². The molecule has 3 N–H and O–H groups in total. The van der Waals surface area contributed by atoms with Gasteiger partial charge in [-0.15, -0.1) is 5.10 Å². The fourth-order valence-electron chi connectivity index (χ4n) is 1.92. The van der Waals surface area contributed by atoms with E-state index < -0.39 is 0 Å². The Morgan fingerprint density at radius 1 is 1.47 bits per heavy atom. The molecule has 1 unspecified atom stereocenters. The fraction of sp³-hybridized carbons (Fsp3) is 0.615. The van der Waals surface area contributed by atoms with Crippen molar-refractivity contribution in [3.8, 4) is 0 Å². The summed E-state index contributed by atoms with van der Waals surface area (Å²) in [6.45, 7) is 4.95. The van der Waals surface area contributed by atoms with E-state index in [0.29, 0.717) is 24.7 Å². The third-order valence-corrected chi connectivity index (χ3v) is 2.71. The molecule has 106 valence electrons. The Balaban J connectivity index is 2.35. The number of amides is 2. The van der Waals surface area contributed by atoms with Crippen LogP contribution < -0.4 is 10.6 Å².